The lowest BCUT2D eigenvalue weighted by molar-refractivity contribution is -0.132. The van der Waals surface area contributed by atoms with Crippen LogP contribution in [0.15, 0.2) is 48.5 Å². The normalized spacial score (nSPS) is 17.0. The lowest BCUT2D eigenvalue weighted by Crippen LogP contribution is -2.39. The molecule has 0 radical (unpaired) electrons. The second-order valence-electron chi connectivity index (χ2n) is 8.60. The van der Waals surface area contributed by atoms with Crippen molar-refractivity contribution in [2.75, 3.05) is 13.1 Å². The van der Waals surface area contributed by atoms with Crippen LogP contribution in [-0.4, -0.2) is 43.0 Å². The highest BCUT2D eigenvalue weighted by molar-refractivity contribution is 5.78. The first-order valence-corrected chi connectivity index (χ1v) is 11.2. The van der Waals surface area contributed by atoms with E-state index in [1.54, 1.807) is 0 Å². The van der Waals surface area contributed by atoms with Gasteiger partial charge >= 0.3 is 0 Å². The van der Waals surface area contributed by atoms with Crippen LogP contribution in [0.1, 0.15) is 43.3 Å². The fourth-order valence-corrected chi connectivity index (χ4v) is 4.97. The first kappa shape index (κ1) is 19.8. The molecule has 1 aliphatic rings. The summed E-state index contributed by atoms with van der Waals surface area (Å²) in [5, 5.41) is 0. The molecule has 1 fully saturated rings. The molecule has 6 heteroatoms. The molecule has 1 aliphatic heterocycles. The Bertz CT molecular complexity index is 1240. The van der Waals surface area contributed by atoms with Gasteiger partial charge in [0.1, 0.15) is 11.6 Å². The summed E-state index contributed by atoms with van der Waals surface area (Å²) in [5.74, 6) is 2.66. The van der Waals surface area contributed by atoms with Crippen molar-refractivity contribution in [3.63, 3.8) is 0 Å². The summed E-state index contributed by atoms with van der Waals surface area (Å²) in [6, 6.07) is 16.4. The van der Waals surface area contributed by atoms with Gasteiger partial charge in [-0.05, 0) is 50.5 Å². The molecule has 0 spiro atoms. The van der Waals surface area contributed by atoms with Crippen molar-refractivity contribution in [1.82, 2.24) is 24.0 Å². The summed E-state index contributed by atoms with van der Waals surface area (Å²) in [6.45, 7) is 4.48. The summed E-state index contributed by atoms with van der Waals surface area (Å²) >= 11 is 0. The highest BCUT2D eigenvalue weighted by Gasteiger charge is 2.27. The third-order valence-electron chi connectivity index (χ3n) is 6.58. The number of carbonyl (C=O) groups is 1. The molecule has 2 aromatic heterocycles. The Kier molecular flexibility index (Phi) is 5.22. The maximum absolute atomic E-state index is 13.0. The van der Waals surface area contributed by atoms with E-state index in [1.807, 2.05) is 36.1 Å². The van der Waals surface area contributed by atoms with Gasteiger partial charge in [-0.2, -0.15) is 0 Å². The summed E-state index contributed by atoms with van der Waals surface area (Å²) < 4.78 is 4.42. The van der Waals surface area contributed by atoms with Crippen molar-refractivity contribution in [1.29, 1.82) is 0 Å². The molecule has 0 aliphatic carbocycles. The van der Waals surface area contributed by atoms with E-state index in [0.717, 1.165) is 72.6 Å². The van der Waals surface area contributed by atoms with E-state index in [4.69, 9.17) is 4.98 Å². The number of hydrogen-bond donors (Lipinski definition) is 0. The molecule has 3 heterocycles. The number of aromatic nitrogens is 4. The number of likely N-dealkylation sites (tertiary alicyclic amines) is 1. The van der Waals surface area contributed by atoms with Crippen molar-refractivity contribution >= 4 is 28.0 Å². The summed E-state index contributed by atoms with van der Waals surface area (Å²) in [6.07, 6.45) is 3.51. The van der Waals surface area contributed by atoms with Gasteiger partial charge in [0.15, 0.2) is 0 Å². The molecule has 160 valence electrons. The number of amides is 1. The predicted molar refractivity (Wildman–Crippen MR) is 123 cm³/mol. The zero-order chi connectivity index (χ0) is 21.4. The highest BCUT2D eigenvalue weighted by atomic mass is 16.2. The molecule has 1 saturated heterocycles. The van der Waals surface area contributed by atoms with Gasteiger partial charge in [0.2, 0.25) is 5.91 Å². The molecule has 0 N–H and O–H groups in total. The molecule has 6 nitrogen and oxygen atoms in total. The van der Waals surface area contributed by atoms with Gasteiger partial charge in [-0.15, -0.1) is 0 Å². The molecule has 1 amide bonds. The van der Waals surface area contributed by atoms with E-state index in [-0.39, 0.29) is 5.91 Å². The summed E-state index contributed by atoms with van der Waals surface area (Å²) in [7, 11) is 2.09. The zero-order valence-electron chi connectivity index (χ0n) is 18.3. The van der Waals surface area contributed by atoms with Crippen molar-refractivity contribution in [2.24, 2.45) is 7.05 Å². The Morgan fingerprint density at radius 3 is 2.52 bits per heavy atom. The van der Waals surface area contributed by atoms with E-state index in [2.05, 4.69) is 45.4 Å². The third kappa shape index (κ3) is 3.71. The Morgan fingerprint density at radius 1 is 1.03 bits per heavy atom. The third-order valence-corrected chi connectivity index (χ3v) is 6.58. The first-order chi connectivity index (χ1) is 15.1. The Morgan fingerprint density at radius 2 is 1.74 bits per heavy atom. The SMILES string of the molecule is Cc1nc2ccccc2n1CCCC(=O)N1CCCC(c2nc3ccccc3n2C)C1. The van der Waals surface area contributed by atoms with Crippen LogP contribution in [0.3, 0.4) is 0 Å². The number of carbonyl (C=O) groups excluding carboxylic acids is 1. The fourth-order valence-electron chi connectivity index (χ4n) is 4.97. The largest absolute Gasteiger partial charge is 0.342 e. The number of rotatable bonds is 5. The highest BCUT2D eigenvalue weighted by Crippen LogP contribution is 2.29. The molecule has 0 saturated carbocycles. The smallest absolute Gasteiger partial charge is 0.222 e. The van der Waals surface area contributed by atoms with Gasteiger partial charge < -0.3 is 14.0 Å². The number of aryl methyl sites for hydroxylation is 3. The van der Waals surface area contributed by atoms with Crippen molar-refractivity contribution in [3.05, 3.63) is 60.2 Å². The second-order valence-corrected chi connectivity index (χ2v) is 8.60. The van der Waals surface area contributed by atoms with Crippen LogP contribution < -0.4 is 0 Å². The molecular weight excluding hydrogens is 386 g/mol. The van der Waals surface area contributed by atoms with Gasteiger partial charge in [0.25, 0.3) is 0 Å². The topological polar surface area (TPSA) is 56.0 Å². The molecule has 0 bridgehead atoms. The van der Waals surface area contributed by atoms with Gasteiger partial charge in [-0.3, -0.25) is 4.79 Å². The number of piperidine rings is 1. The minimum absolute atomic E-state index is 0.255. The quantitative estimate of drug-likeness (QED) is 0.485. The zero-order valence-corrected chi connectivity index (χ0v) is 18.3. The molecule has 4 aromatic rings. The maximum Gasteiger partial charge on any atom is 0.222 e. The van der Waals surface area contributed by atoms with E-state index >= 15 is 0 Å². The molecule has 5 rings (SSSR count). The van der Waals surface area contributed by atoms with Crippen molar-refractivity contribution in [2.45, 2.75) is 45.1 Å². The van der Waals surface area contributed by atoms with Gasteiger partial charge in [0.05, 0.1) is 22.1 Å². The number of nitrogens with zero attached hydrogens (tertiary/aromatic N) is 5. The van der Waals surface area contributed by atoms with Crippen LogP contribution in [0.2, 0.25) is 0 Å². The molecule has 31 heavy (non-hydrogen) atoms. The number of imidazole rings is 2. The average molecular weight is 416 g/mol. The van der Waals surface area contributed by atoms with E-state index in [1.165, 1.54) is 0 Å². The minimum Gasteiger partial charge on any atom is -0.342 e. The monoisotopic (exact) mass is 415 g/mol. The second kappa shape index (κ2) is 8.17. The fraction of sp³-hybridized carbons (Fsp3) is 0.400. The van der Waals surface area contributed by atoms with Crippen LogP contribution in [0.4, 0.5) is 0 Å². The lowest BCUT2D eigenvalue weighted by Gasteiger charge is -2.32. The molecule has 2 aromatic carbocycles. The minimum atomic E-state index is 0.255. The predicted octanol–water partition coefficient (Wildman–Crippen LogP) is 4.42. The van der Waals surface area contributed by atoms with Crippen LogP contribution in [0, 0.1) is 6.92 Å². The van der Waals surface area contributed by atoms with Gasteiger partial charge in [0, 0.05) is 39.0 Å². The number of hydrogen-bond acceptors (Lipinski definition) is 3. The lowest BCUT2D eigenvalue weighted by atomic mass is 9.96. The van der Waals surface area contributed by atoms with E-state index < -0.39 is 0 Å². The Balaban J connectivity index is 1.23. The molecule has 1 atom stereocenters. The summed E-state index contributed by atoms with van der Waals surface area (Å²) in [5.41, 5.74) is 4.36. The standard InChI is InChI=1S/C25H29N5O/c1-18-26-21-11-4-6-13-23(21)30(18)16-8-14-24(31)29-15-7-9-19(17-29)25-27-20-10-3-5-12-22(20)28(25)2/h3-6,10-13,19H,7-9,14-17H2,1-2H3. The van der Waals surface area contributed by atoms with Crippen LogP contribution in [0.5, 0.6) is 0 Å². The van der Waals surface area contributed by atoms with Crippen LogP contribution >= 0.6 is 0 Å². The van der Waals surface area contributed by atoms with Crippen molar-refractivity contribution in [3.8, 4) is 0 Å². The van der Waals surface area contributed by atoms with Crippen molar-refractivity contribution < 1.29 is 4.79 Å². The van der Waals surface area contributed by atoms with Gasteiger partial charge in [-0.1, -0.05) is 24.3 Å². The first-order valence-electron chi connectivity index (χ1n) is 11.2. The van der Waals surface area contributed by atoms with E-state index in [9.17, 15) is 4.79 Å². The average Bonchev–Trinajstić information content (AvgIpc) is 3.30. The van der Waals surface area contributed by atoms with E-state index in [0.29, 0.717) is 12.3 Å². The van der Waals surface area contributed by atoms with Crippen LogP contribution in [0.25, 0.3) is 22.1 Å². The Hall–Kier alpha value is -3.15. The Labute approximate surface area is 182 Å². The molecule has 1 unspecified atom stereocenters. The number of para-hydroxylation sites is 4. The van der Waals surface area contributed by atoms with Gasteiger partial charge in [-0.25, -0.2) is 9.97 Å². The summed E-state index contributed by atoms with van der Waals surface area (Å²) in [4.78, 5) is 24.5. The maximum atomic E-state index is 13.0. The number of benzene rings is 2. The molecular formula is C25H29N5O. The number of fused-ring (bicyclic) bond motifs is 2. The van der Waals surface area contributed by atoms with Crippen LogP contribution in [-0.2, 0) is 18.4 Å².